The van der Waals surface area contributed by atoms with Crippen LogP contribution in [0.4, 0.5) is 5.95 Å². The molecule has 1 N–H and O–H groups in total. The summed E-state index contributed by atoms with van der Waals surface area (Å²) >= 11 is 12.1. The highest BCUT2D eigenvalue weighted by Crippen LogP contribution is 2.25. The highest BCUT2D eigenvalue weighted by atomic mass is 35.5. The second-order valence-electron chi connectivity index (χ2n) is 8.87. The maximum atomic E-state index is 13.7. The normalized spacial score (nSPS) is 13.1. The van der Waals surface area contributed by atoms with Crippen molar-refractivity contribution in [2.45, 2.75) is 32.9 Å². The number of nitrogens with zero attached hydrogens (tertiary/aromatic N) is 5. The number of amides is 1. The van der Waals surface area contributed by atoms with Gasteiger partial charge in [-0.15, -0.1) is 0 Å². The molecular formula is C26H24Cl2N6O2. The number of aromatic nitrogens is 4. The molecule has 4 aromatic rings. The largest absolute Gasteiger partial charge is 0.353 e. The van der Waals surface area contributed by atoms with Gasteiger partial charge in [0.15, 0.2) is 0 Å². The Morgan fingerprint density at radius 3 is 2.47 bits per heavy atom. The third kappa shape index (κ3) is 4.62. The highest BCUT2D eigenvalue weighted by Gasteiger charge is 2.27. The quantitative estimate of drug-likeness (QED) is 0.409. The van der Waals surface area contributed by atoms with E-state index in [0.717, 1.165) is 5.69 Å². The SMILES string of the molecule is CC(C)Nc1nc2c(c(=O)n1-c1ccc(-n3cccn3)cc1)CCN(C(=O)c1ccc(Cl)c(Cl)c1)C2. The summed E-state index contributed by atoms with van der Waals surface area (Å²) in [4.78, 5) is 33.3. The molecule has 184 valence electrons. The van der Waals surface area contributed by atoms with E-state index in [4.69, 9.17) is 28.2 Å². The number of hydrogen-bond donors (Lipinski definition) is 1. The third-order valence-corrected chi connectivity index (χ3v) is 6.72. The van der Waals surface area contributed by atoms with Crippen LogP contribution in [0.3, 0.4) is 0 Å². The van der Waals surface area contributed by atoms with E-state index in [9.17, 15) is 9.59 Å². The first-order valence-electron chi connectivity index (χ1n) is 11.6. The van der Waals surface area contributed by atoms with Crippen molar-refractivity contribution < 1.29 is 4.79 Å². The Kier molecular flexibility index (Phi) is 6.55. The van der Waals surface area contributed by atoms with E-state index in [1.165, 1.54) is 0 Å². The lowest BCUT2D eigenvalue weighted by Crippen LogP contribution is -2.41. The molecule has 2 aromatic heterocycles. The number of benzene rings is 2. The van der Waals surface area contributed by atoms with E-state index in [1.807, 2.05) is 50.4 Å². The predicted molar refractivity (Wildman–Crippen MR) is 141 cm³/mol. The third-order valence-electron chi connectivity index (χ3n) is 5.98. The Balaban J connectivity index is 1.50. The summed E-state index contributed by atoms with van der Waals surface area (Å²) in [5, 5.41) is 8.26. The molecule has 10 heteroatoms. The first-order chi connectivity index (χ1) is 17.3. The minimum Gasteiger partial charge on any atom is -0.353 e. The molecule has 0 unspecified atom stereocenters. The molecular weight excluding hydrogens is 499 g/mol. The molecule has 0 atom stereocenters. The van der Waals surface area contributed by atoms with Gasteiger partial charge in [0.05, 0.1) is 33.7 Å². The number of hydrogen-bond acceptors (Lipinski definition) is 5. The van der Waals surface area contributed by atoms with Crippen LogP contribution >= 0.6 is 23.2 Å². The zero-order valence-corrected chi connectivity index (χ0v) is 21.3. The van der Waals surface area contributed by atoms with Gasteiger partial charge >= 0.3 is 0 Å². The molecule has 8 nitrogen and oxygen atoms in total. The number of rotatable bonds is 5. The maximum Gasteiger partial charge on any atom is 0.263 e. The summed E-state index contributed by atoms with van der Waals surface area (Å²) in [6, 6.07) is 14.3. The van der Waals surface area contributed by atoms with Crippen molar-refractivity contribution >= 4 is 35.1 Å². The standard InChI is InChI=1S/C26H24Cl2N6O2/c1-16(2)30-26-31-23-15-32(24(35)17-4-9-21(27)22(28)14-17)13-10-20(23)25(36)34(26)19-7-5-18(6-8-19)33-12-3-11-29-33/h3-9,11-12,14,16H,10,13,15H2,1-2H3,(H,30,31). The van der Waals surface area contributed by atoms with Crippen LogP contribution < -0.4 is 10.9 Å². The minimum atomic E-state index is -0.183. The van der Waals surface area contributed by atoms with Crippen LogP contribution in [0, 0.1) is 0 Å². The molecule has 0 aliphatic carbocycles. The fourth-order valence-corrected chi connectivity index (χ4v) is 4.54. The molecule has 0 bridgehead atoms. The summed E-state index contributed by atoms with van der Waals surface area (Å²) in [7, 11) is 0. The Morgan fingerprint density at radius 1 is 1.06 bits per heavy atom. The topological polar surface area (TPSA) is 85.1 Å². The molecule has 0 fully saturated rings. The Morgan fingerprint density at radius 2 is 1.81 bits per heavy atom. The average Bonchev–Trinajstić information content (AvgIpc) is 3.40. The number of carbonyl (C=O) groups is 1. The summed E-state index contributed by atoms with van der Waals surface area (Å²) < 4.78 is 3.35. The van der Waals surface area contributed by atoms with Crippen molar-refractivity contribution in [3.05, 3.63) is 98.1 Å². The smallest absolute Gasteiger partial charge is 0.263 e. The second-order valence-corrected chi connectivity index (χ2v) is 9.69. The van der Waals surface area contributed by atoms with E-state index in [-0.39, 0.29) is 24.1 Å². The molecule has 1 amide bonds. The van der Waals surface area contributed by atoms with Gasteiger partial charge in [-0.05, 0) is 68.8 Å². The number of halogens is 2. The van der Waals surface area contributed by atoms with E-state index in [1.54, 1.807) is 38.5 Å². The lowest BCUT2D eigenvalue weighted by atomic mass is 10.0. The van der Waals surface area contributed by atoms with Crippen LogP contribution in [0.1, 0.15) is 35.5 Å². The number of fused-ring (bicyclic) bond motifs is 1. The van der Waals surface area contributed by atoms with Crippen molar-refractivity contribution in [2.75, 3.05) is 11.9 Å². The van der Waals surface area contributed by atoms with Crippen molar-refractivity contribution in [3.8, 4) is 11.4 Å². The predicted octanol–water partition coefficient (Wildman–Crippen LogP) is 4.74. The molecule has 1 aliphatic rings. The van der Waals surface area contributed by atoms with E-state index in [2.05, 4.69) is 10.4 Å². The number of nitrogens with one attached hydrogen (secondary N) is 1. The molecule has 0 spiro atoms. The van der Waals surface area contributed by atoms with Crippen LogP contribution in [-0.2, 0) is 13.0 Å². The van der Waals surface area contributed by atoms with Gasteiger partial charge in [-0.25, -0.2) is 14.2 Å². The molecule has 36 heavy (non-hydrogen) atoms. The molecule has 0 radical (unpaired) electrons. The average molecular weight is 523 g/mol. The molecule has 2 aromatic carbocycles. The van der Waals surface area contributed by atoms with Gasteiger partial charge < -0.3 is 10.2 Å². The first-order valence-corrected chi connectivity index (χ1v) is 12.3. The molecule has 0 saturated heterocycles. The number of anilines is 1. The van der Waals surface area contributed by atoms with E-state index in [0.29, 0.717) is 51.5 Å². The molecule has 1 aliphatic heterocycles. The molecule has 5 rings (SSSR count). The summed E-state index contributed by atoms with van der Waals surface area (Å²) in [5.74, 6) is 0.252. The minimum absolute atomic E-state index is 0.0436. The van der Waals surface area contributed by atoms with Crippen molar-refractivity contribution in [3.63, 3.8) is 0 Å². The molecule has 3 heterocycles. The van der Waals surface area contributed by atoms with Crippen molar-refractivity contribution in [1.29, 1.82) is 0 Å². The Hall–Kier alpha value is -3.62. The van der Waals surface area contributed by atoms with Crippen LogP contribution in [0.15, 0.2) is 65.7 Å². The maximum absolute atomic E-state index is 13.7. The summed E-state index contributed by atoms with van der Waals surface area (Å²) in [5.41, 5.74) is 3.09. The zero-order chi connectivity index (χ0) is 25.4. The van der Waals surface area contributed by atoms with Crippen LogP contribution in [-0.4, -0.2) is 42.7 Å². The zero-order valence-electron chi connectivity index (χ0n) is 19.8. The van der Waals surface area contributed by atoms with Gasteiger partial charge in [0.25, 0.3) is 11.5 Å². The second kappa shape index (κ2) is 9.79. The lowest BCUT2D eigenvalue weighted by Gasteiger charge is -2.29. The fourth-order valence-electron chi connectivity index (χ4n) is 4.24. The first kappa shape index (κ1) is 24.1. The van der Waals surface area contributed by atoms with E-state index < -0.39 is 0 Å². The van der Waals surface area contributed by atoms with Crippen LogP contribution in [0.5, 0.6) is 0 Å². The van der Waals surface area contributed by atoms with Gasteiger partial charge in [0.2, 0.25) is 5.95 Å². The molecule has 0 saturated carbocycles. The Labute approximate surface area is 218 Å². The van der Waals surface area contributed by atoms with Crippen LogP contribution in [0.2, 0.25) is 10.0 Å². The summed E-state index contributed by atoms with van der Waals surface area (Å²) in [6.45, 7) is 4.60. The van der Waals surface area contributed by atoms with Crippen LogP contribution in [0.25, 0.3) is 11.4 Å². The summed E-state index contributed by atoms with van der Waals surface area (Å²) in [6.07, 6.45) is 3.98. The van der Waals surface area contributed by atoms with Crippen molar-refractivity contribution in [2.24, 2.45) is 0 Å². The number of carbonyl (C=O) groups excluding carboxylic acids is 1. The van der Waals surface area contributed by atoms with Gasteiger partial charge in [-0.1, -0.05) is 23.2 Å². The monoisotopic (exact) mass is 522 g/mol. The Bertz CT molecular complexity index is 1480. The fraction of sp³-hybridized carbons (Fsp3) is 0.231. The van der Waals surface area contributed by atoms with Gasteiger partial charge in [-0.3, -0.25) is 9.59 Å². The lowest BCUT2D eigenvalue weighted by molar-refractivity contribution is 0.0731. The van der Waals surface area contributed by atoms with Crippen molar-refractivity contribution in [1.82, 2.24) is 24.2 Å². The highest BCUT2D eigenvalue weighted by molar-refractivity contribution is 6.42. The van der Waals surface area contributed by atoms with Gasteiger partial charge in [0.1, 0.15) is 0 Å². The van der Waals surface area contributed by atoms with E-state index >= 15 is 0 Å². The van der Waals surface area contributed by atoms with Gasteiger partial charge in [0, 0.05) is 36.1 Å². The van der Waals surface area contributed by atoms with Gasteiger partial charge in [-0.2, -0.15) is 5.10 Å².